The number of nitrogens with zero attached hydrogens (tertiary/aromatic N) is 1. The van der Waals surface area contributed by atoms with E-state index in [0.717, 1.165) is 5.69 Å². The molecule has 0 radical (unpaired) electrons. The Labute approximate surface area is 102 Å². The fourth-order valence-corrected chi connectivity index (χ4v) is 1.86. The van der Waals surface area contributed by atoms with Crippen molar-refractivity contribution in [1.82, 2.24) is 4.57 Å². The molecule has 0 saturated carbocycles. The summed E-state index contributed by atoms with van der Waals surface area (Å²) in [6, 6.07) is 3.54. The van der Waals surface area contributed by atoms with E-state index in [0.29, 0.717) is 12.5 Å². The standard InChI is InChI=1S/C13H21N3O/c1-8(2)7-16-11(9(3)4)6-5-10(12(14)15)13(16)17/h5-6,8-9H,7H2,1-4H3,(H3,14,15). The minimum absolute atomic E-state index is 0.155. The Bertz CT molecular complexity index is 472. The lowest BCUT2D eigenvalue weighted by molar-refractivity contribution is 0.487. The maximum absolute atomic E-state index is 12.2. The first-order valence-electron chi connectivity index (χ1n) is 5.92. The van der Waals surface area contributed by atoms with Gasteiger partial charge in [0.2, 0.25) is 0 Å². The molecule has 0 saturated heterocycles. The lowest BCUT2D eigenvalue weighted by Crippen LogP contribution is -2.32. The van der Waals surface area contributed by atoms with Crippen molar-refractivity contribution in [3.63, 3.8) is 0 Å². The summed E-state index contributed by atoms with van der Waals surface area (Å²) < 4.78 is 1.74. The van der Waals surface area contributed by atoms with E-state index >= 15 is 0 Å². The Hall–Kier alpha value is -1.58. The Kier molecular flexibility index (Phi) is 4.10. The number of pyridine rings is 1. The van der Waals surface area contributed by atoms with E-state index in [1.165, 1.54) is 0 Å². The summed E-state index contributed by atoms with van der Waals surface area (Å²) in [5, 5.41) is 7.40. The molecule has 1 aromatic rings. The quantitative estimate of drug-likeness (QED) is 0.618. The second kappa shape index (κ2) is 5.17. The van der Waals surface area contributed by atoms with Gasteiger partial charge in [0.1, 0.15) is 5.84 Å². The molecule has 17 heavy (non-hydrogen) atoms. The molecule has 0 bridgehead atoms. The number of amidine groups is 1. The molecular formula is C13H21N3O. The highest BCUT2D eigenvalue weighted by atomic mass is 16.1. The van der Waals surface area contributed by atoms with Gasteiger partial charge in [-0.25, -0.2) is 0 Å². The Morgan fingerprint density at radius 3 is 2.35 bits per heavy atom. The highest BCUT2D eigenvalue weighted by Crippen LogP contribution is 2.14. The molecule has 1 rings (SSSR count). The van der Waals surface area contributed by atoms with E-state index in [1.54, 1.807) is 10.6 Å². The minimum atomic E-state index is -0.164. The van der Waals surface area contributed by atoms with Crippen LogP contribution in [0, 0.1) is 11.3 Å². The fraction of sp³-hybridized carbons (Fsp3) is 0.538. The van der Waals surface area contributed by atoms with Gasteiger partial charge < -0.3 is 10.3 Å². The average molecular weight is 235 g/mol. The van der Waals surface area contributed by atoms with Crippen LogP contribution in [-0.4, -0.2) is 10.4 Å². The van der Waals surface area contributed by atoms with Gasteiger partial charge in [0.15, 0.2) is 0 Å². The molecule has 0 aliphatic heterocycles. The summed E-state index contributed by atoms with van der Waals surface area (Å²) in [5.41, 5.74) is 6.54. The SMILES string of the molecule is CC(C)Cn1c(C(C)C)ccc(C(=N)N)c1=O. The maximum Gasteiger partial charge on any atom is 0.261 e. The Morgan fingerprint density at radius 1 is 1.35 bits per heavy atom. The molecule has 0 fully saturated rings. The molecule has 0 aliphatic carbocycles. The summed E-state index contributed by atoms with van der Waals surface area (Å²) in [6.45, 7) is 8.90. The fourth-order valence-electron chi connectivity index (χ4n) is 1.86. The number of rotatable bonds is 4. The molecule has 0 aliphatic rings. The normalized spacial score (nSPS) is 11.2. The van der Waals surface area contributed by atoms with Crippen LogP contribution in [0.5, 0.6) is 0 Å². The van der Waals surface area contributed by atoms with E-state index in [1.807, 2.05) is 6.07 Å². The number of nitrogen functional groups attached to an aromatic ring is 1. The van der Waals surface area contributed by atoms with E-state index in [2.05, 4.69) is 27.7 Å². The van der Waals surface area contributed by atoms with Gasteiger partial charge in [-0.2, -0.15) is 0 Å². The van der Waals surface area contributed by atoms with Crippen LogP contribution >= 0.6 is 0 Å². The zero-order chi connectivity index (χ0) is 13.2. The van der Waals surface area contributed by atoms with Crippen LogP contribution in [-0.2, 0) is 6.54 Å². The topological polar surface area (TPSA) is 71.9 Å². The van der Waals surface area contributed by atoms with Crippen LogP contribution in [0.25, 0.3) is 0 Å². The molecule has 1 aromatic heterocycles. The van der Waals surface area contributed by atoms with Crippen LogP contribution in [0.15, 0.2) is 16.9 Å². The van der Waals surface area contributed by atoms with Gasteiger partial charge in [-0.05, 0) is 24.0 Å². The maximum atomic E-state index is 12.2. The van der Waals surface area contributed by atoms with Crippen molar-refractivity contribution in [1.29, 1.82) is 5.41 Å². The average Bonchev–Trinajstić information content (AvgIpc) is 2.19. The van der Waals surface area contributed by atoms with E-state index in [4.69, 9.17) is 11.1 Å². The molecule has 3 N–H and O–H groups in total. The van der Waals surface area contributed by atoms with Crippen molar-refractivity contribution in [2.24, 2.45) is 11.7 Å². The van der Waals surface area contributed by atoms with Crippen LogP contribution in [0.3, 0.4) is 0 Å². The second-order valence-electron chi connectivity index (χ2n) is 5.05. The molecule has 0 amide bonds. The van der Waals surface area contributed by atoms with Crippen LogP contribution < -0.4 is 11.3 Å². The summed E-state index contributed by atoms with van der Waals surface area (Å²) in [4.78, 5) is 12.2. The molecule has 94 valence electrons. The molecular weight excluding hydrogens is 214 g/mol. The predicted molar refractivity (Wildman–Crippen MR) is 70.6 cm³/mol. The molecule has 4 heteroatoms. The lowest BCUT2D eigenvalue weighted by atomic mass is 10.1. The van der Waals surface area contributed by atoms with Gasteiger partial charge in [-0.3, -0.25) is 10.2 Å². The summed E-state index contributed by atoms with van der Waals surface area (Å²) in [7, 11) is 0. The molecule has 1 heterocycles. The summed E-state index contributed by atoms with van der Waals surface area (Å²) >= 11 is 0. The Balaban J connectivity index is 3.42. The molecule has 4 nitrogen and oxygen atoms in total. The summed E-state index contributed by atoms with van der Waals surface area (Å²) in [6.07, 6.45) is 0. The van der Waals surface area contributed by atoms with Gasteiger partial charge in [0.05, 0.1) is 5.56 Å². The third kappa shape index (κ3) is 2.96. The third-order valence-corrected chi connectivity index (χ3v) is 2.64. The van der Waals surface area contributed by atoms with Crippen molar-refractivity contribution in [2.75, 3.05) is 0 Å². The van der Waals surface area contributed by atoms with Crippen molar-refractivity contribution < 1.29 is 0 Å². The largest absolute Gasteiger partial charge is 0.384 e. The predicted octanol–water partition coefficient (Wildman–Crippen LogP) is 1.91. The zero-order valence-corrected chi connectivity index (χ0v) is 10.9. The first-order chi connectivity index (χ1) is 7.84. The molecule has 0 unspecified atom stereocenters. The monoisotopic (exact) mass is 235 g/mol. The van der Waals surface area contributed by atoms with E-state index in [9.17, 15) is 4.79 Å². The smallest absolute Gasteiger partial charge is 0.261 e. The van der Waals surface area contributed by atoms with Gasteiger partial charge in [-0.15, -0.1) is 0 Å². The highest BCUT2D eigenvalue weighted by Gasteiger charge is 2.13. The molecule has 0 spiro atoms. The number of hydrogen-bond donors (Lipinski definition) is 2. The lowest BCUT2D eigenvalue weighted by Gasteiger charge is -2.18. The minimum Gasteiger partial charge on any atom is -0.384 e. The van der Waals surface area contributed by atoms with Gasteiger partial charge >= 0.3 is 0 Å². The van der Waals surface area contributed by atoms with Crippen molar-refractivity contribution in [2.45, 2.75) is 40.2 Å². The van der Waals surface area contributed by atoms with Crippen LogP contribution in [0.4, 0.5) is 0 Å². The third-order valence-electron chi connectivity index (χ3n) is 2.64. The van der Waals surface area contributed by atoms with Crippen LogP contribution in [0.2, 0.25) is 0 Å². The van der Waals surface area contributed by atoms with Gasteiger partial charge in [0.25, 0.3) is 5.56 Å². The number of aromatic nitrogens is 1. The van der Waals surface area contributed by atoms with E-state index < -0.39 is 0 Å². The molecule has 0 atom stereocenters. The first-order valence-corrected chi connectivity index (χ1v) is 5.92. The Morgan fingerprint density at radius 2 is 1.94 bits per heavy atom. The number of nitrogens with two attached hydrogens (primary N) is 1. The molecule has 0 aromatic carbocycles. The van der Waals surface area contributed by atoms with Crippen LogP contribution in [0.1, 0.15) is 44.9 Å². The second-order valence-corrected chi connectivity index (χ2v) is 5.05. The van der Waals surface area contributed by atoms with Crippen molar-refractivity contribution >= 4 is 5.84 Å². The zero-order valence-electron chi connectivity index (χ0n) is 10.9. The summed E-state index contributed by atoms with van der Waals surface area (Å²) in [5.74, 6) is 0.498. The van der Waals surface area contributed by atoms with E-state index in [-0.39, 0.29) is 22.9 Å². The van der Waals surface area contributed by atoms with Gasteiger partial charge in [-0.1, -0.05) is 27.7 Å². The number of hydrogen-bond acceptors (Lipinski definition) is 2. The van der Waals surface area contributed by atoms with Crippen molar-refractivity contribution in [3.05, 3.63) is 33.7 Å². The van der Waals surface area contributed by atoms with Gasteiger partial charge in [0, 0.05) is 12.2 Å². The number of nitrogens with one attached hydrogen (secondary N) is 1. The van der Waals surface area contributed by atoms with Crippen molar-refractivity contribution in [3.8, 4) is 0 Å². The highest BCUT2D eigenvalue weighted by molar-refractivity contribution is 5.94. The first kappa shape index (κ1) is 13.5.